The van der Waals surface area contributed by atoms with Gasteiger partial charge >= 0.3 is 6.18 Å². The van der Waals surface area contributed by atoms with Gasteiger partial charge in [0, 0.05) is 23.4 Å². The summed E-state index contributed by atoms with van der Waals surface area (Å²) in [5, 5.41) is 0.551. The van der Waals surface area contributed by atoms with E-state index in [1.54, 1.807) is 29.2 Å². The molecule has 1 aliphatic rings. The summed E-state index contributed by atoms with van der Waals surface area (Å²) in [5.74, 6) is -0.0909. The first kappa shape index (κ1) is 18.3. The van der Waals surface area contributed by atoms with E-state index in [1.165, 1.54) is 12.1 Å². The fourth-order valence-electron chi connectivity index (χ4n) is 2.36. The van der Waals surface area contributed by atoms with Crippen molar-refractivity contribution in [1.29, 1.82) is 0 Å². The Morgan fingerprint density at radius 1 is 1.23 bits per heavy atom. The molecule has 0 atom stereocenters. The molecule has 0 bridgehead atoms. The van der Waals surface area contributed by atoms with Crippen LogP contribution in [0.25, 0.3) is 6.08 Å². The zero-order valence-electron chi connectivity index (χ0n) is 13.4. The van der Waals surface area contributed by atoms with E-state index in [2.05, 4.69) is 4.98 Å². The van der Waals surface area contributed by atoms with Gasteiger partial charge in [-0.25, -0.2) is 4.98 Å². The molecule has 1 aromatic heterocycles. The van der Waals surface area contributed by atoms with Gasteiger partial charge in [0.15, 0.2) is 0 Å². The molecule has 1 aliphatic heterocycles. The molecule has 0 radical (unpaired) electrons. The van der Waals surface area contributed by atoms with E-state index < -0.39 is 11.7 Å². The molecule has 26 heavy (non-hydrogen) atoms. The third-order valence-electron chi connectivity index (χ3n) is 3.82. The summed E-state index contributed by atoms with van der Waals surface area (Å²) in [4.78, 5) is 17.3. The van der Waals surface area contributed by atoms with Gasteiger partial charge in [-0.2, -0.15) is 13.2 Å². The Hall–Kier alpha value is -2.54. The van der Waals surface area contributed by atoms with Gasteiger partial charge < -0.3 is 9.64 Å². The summed E-state index contributed by atoms with van der Waals surface area (Å²) in [6, 6.07) is 9.23. The van der Waals surface area contributed by atoms with Gasteiger partial charge in [0.2, 0.25) is 11.8 Å². The summed E-state index contributed by atoms with van der Waals surface area (Å²) in [6.45, 7) is 0.683. The lowest BCUT2D eigenvalue weighted by Crippen LogP contribution is -2.55. The van der Waals surface area contributed by atoms with Crippen LogP contribution in [0.15, 0.2) is 48.7 Å². The fourth-order valence-corrected chi connectivity index (χ4v) is 2.56. The topological polar surface area (TPSA) is 42.4 Å². The van der Waals surface area contributed by atoms with Crippen LogP contribution in [0.5, 0.6) is 5.88 Å². The van der Waals surface area contributed by atoms with Crippen LogP contribution in [-0.2, 0) is 11.0 Å². The maximum Gasteiger partial charge on any atom is 0.417 e. The zero-order valence-corrected chi connectivity index (χ0v) is 14.2. The van der Waals surface area contributed by atoms with Crippen molar-refractivity contribution in [3.8, 4) is 5.88 Å². The minimum atomic E-state index is -4.43. The largest absolute Gasteiger partial charge is 0.471 e. The number of nitrogens with zero attached hydrogens (tertiary/aromatic N) is 2. The minimum absolute atomic E-state index is 0.0988. The maximum atomic E-state index is 12.5. The van der Waals surface area contributed by atoms with Gasteiger partial charge in [0.05, 0.1) is 18.7 Å². The molecule has 0 N–H and O–H groups in total. The van der Waals surface area contributed by atoms with Crippen LogP contribution in [0.1, 0.15) is 11.1 Å². The number of likely N-dealkylation sites (tertiary alicyclic amines) is 1. The number of ether oxygens (including phenoxy) is 1. The highest BCUT2D eigenvalue weighted by Gasteiger charge is 2.33. The first-order valence-corrected chi connectivity index (χ1v) is 8.12. The molecule has 0 spiro atoms. The average Bonchev–Trinajstić information content (AvgIpc) is 2.56. The Morgan fingerprint density at radius 3 is 2.58 bits per heavy atom. The van der Waals surface area contributed by atoms with Crippen LogP contribution in [-0.4, -0.2) is 35.0 Å². The van der Waals surface area contributed by atoms with Crippen molar-refractivity contribution in [1.82, 2.24) is 9.88 Å². The molecule has 3 rings (SSSR count). The highest BCUT2D eigenvalue weighted by molar-refractivity contribution is 6.32. The Morgan fingerprint density at radius 2 is 1.96 bits per heavy atom. The Kier molecular flexibility index (Phi) is 5.18. The van der Waals surface area contributed by atoms with Crippen molar-refractivity contribution in [3.63, 3.8) is 0 Å². The fraction of sp³-hybridized carbons (Fsp3) is 0.222. The van der Waals surface area contributed by atoms with Crippen LogP contribution in [0.4, 0.5) is 13.2 Å². The second-order valence-electron chi connectivity index (χ2n) is 5.72. The molecule has 1 aromatic carbocycles. The number of benzene rings is 1. The molecule has 8 heteroatoms. The second-order valence-corrected chi connectivity index (χ2v) is 6.13. The third kappa shape index (κ3) is 4.35. The third-order valence-corrected chi connectivity index (χ3v) is 4.17. The molecule has 1 amide bonds. The van der Waals surface area contributed by atoms with E-state index in [0.29, 0.717) is 18.1 Å². The lowest BCUT2D eigenvalue weighted by molar-refractivity contribution is -0.138. The van der Waals surface area contributed by atoms with E-state index in [0.717, 1.165) is 17.8 Å². The van der Waals surface area contributed by atoms with Crippen molar-refractivity contribution >= 4 is 23.6 Å². The first-order valence-electron chi connectivity index (χ1n) is 7.74. The monoisotopic (exact) mass is 382 g/mol. The second kappa shape index (κ2) is 7.37. The van der Waals surface area contributed by atoms with Gasteiger partial charge in [-0.05, 0) is 23.8 Å². The van der Waals surface area contributed by atoms with Crippen LogP contribution in [0.2, 0.25) is 5.02 Å². The van der Waals surface area contributed by atoms with Crippen LogP contribution >= 0.6 is 11.6 Å². The number of carbonyl (C=O) groups is 1. The van der Waals surface area contributed by atoms with Crippen LogP contribution < -0.4 is 4.74 Å². The average molecular weight is 383 g/mol. The number of carbonyl (C=O) groups excluding carboxylic acids is 1. The quantitative estimate of drug-likeness (QED) is 0.749. The smallest absolute Gasteiger partial charge is 0.417 e. The molecule has 136 valence electrons. The van der Waals surface area contributed by atoms with Crippen molar-refractivity contribution < 1.29 is 22.7 Å². The van der Waals surface area contributed by atoms with E-state index in [9.17, 15) is 18.0 Å². The van der Waals surface area contributed by atoms with Crippen molar-refractivity contribution in [3.05, 3.63) is 64.8 Å². The normalized spacial score (nSPS) is 15.2. The van der Waals surface area contributed by atoms with Crippen LogP contribution in [0.3, 0.4) is 0 Å². The Balaban J connectivity index is 1.49. The number of halogens is 4. The first-order chi connectivity index (χ1) is 12.3. The van der Waals surface area contributed by atoms with Gasteiger partial charge in [-0.1, -0.05) is 29.8 Å². The Labute approximate surface area is 152 Å². The van der Waals surface area contributed by atoms with E-state index >= 15 is 0 Å². The number of hydrogen-bond acceptors (Lipinski definition) is 3. The molecule has 0 aliphatic carbocycles. The lowest BCUT2D eigenvalue weighted by Gasteiger charge is -2.38. The summed E-state index contributed by atoms with van der Waals surface area (Å²) < 4.78 is 42.9. The van der Waals surface area contributed by atoms with E-state index in [4.69, 9.17) is 16.3 Å². The van der Waals surface area contributed by atoms with Gasteiger partial charge in [0.25, 0.3) is 0 Å². The maximum absolute atomic E-state index is 12.5. The van der Waals surface area contributed by atoms with Gasteiger partial charge in [-0.3, -0.25) is 4.79 Å². The number of hydrogen-bond donors (Lipinski definition) is 0. The number of amides is 1. The molecule has 1 fully saturated rings. The predicted molar refractivity (Wildman–Crippen MR) is 90.7 cm³/mol. The van der Waals surface area contributed by atoms with Crippen molar-refractivity contribution in [2.75, 3.05) is 13.1 Å². The molecule has 4 nitrogen and oxygen atoms in total. The van der Waals surface area contributed by atoms with E-state index in [-0.39, 0.29) is 17.9 Å². The van der Waals surface area contributed by atoms with Gasteiger partial charge in [0.1, 0.15) is 6.10 Å². The molecule has 2 aromatic rings. The van der Waals surface area contributed by atoms with E-state index in [1.807, 2.05) is 6.07 Å². The molecule has 2 heterocycles. The van der Waals surface area contributed by atoms with Crippen molar-refractivity contribution in [2.24, 2.45) is 0 Å². The predicted octanol–water partition coefficient (Wildman–Crippen LogP) is 4.06. The summed E-state index contributed by atoms with van der Waals surface area (Å²) in [5.41, 5.74) is -0.0928. The molecular formula is C18H14ClF3N2O2. The molecule has 0 saturated carbocycles. The highest BCUT2D eigenvalue weighted by atomic mass is 35.5. The SMILES string of the molecule is O=C(/C=C/c1ccccc1Cl)N1CC(Oc2ccc(C(F)(F)F)cn2)C1. The summed E-state index contributed by atoms with van der Waals surface area (Å²) >= 11 is 6.01. The molecule has 1 saturated heterocycles. The Bertz CT molecular complexity index is 816. The molecule has 0 unspecified atom stereocenters. The lowest BCUT2D eigenvalue weighted by atomic mass is 10.1. The number of aromatic nitrogens is 1. The zero-order chi connectivity index (χ0) is 18.7. The number of pyridine rings is 1. The van der Waals surface area contributed by atoms with Crippen molar-refractivity contribution in [2.45, 2.75) is 12.3 Å². The number of rotatable bonds is 4. The summed E-state index contributed by atoms with van der Waals surface area (Å²) in [6.07, 6.45) is -0.941. The highest BCUT2D eigenvalue weighted by Crippen LogP contribution is 2.29. The van der Waals surface area contributed by atoms with Crippen LogP contribution in [0, 0.1) is 0 Å². The molecular weight excluding hydrogens is 369 g/mol. The summed E-state index contributed by atoms with van der Waals surface area (Å²) in [7, 11) is 0. The van der Waals surface area contributed by atoms with Gasteiger partial charge in [-0.15, -0.1) is 0 Å². The standard InChI is InChI=1S/C18H14ClF3N2O2/c19-15-4-2-1-3-12(15)5-8-17(25)24-10-14(11-24)26-16-7-6-13(9-23-16)18(20,21)22/h1-9,14H,10-11H2/b8-5+. The minimum Gasteiger partial charge on any atom is -0.471 e. The number of alkyl halides is 3.